The lowest BCUT2D eigenvalue weighted by atomic mass is 10.3. The van der Waals surface area contributed by atoms with Gasteiger partial charge >= 0.3 is 0 Å². The summed E-state index contributed by atoms with van der Waals surface area (Å²) in [4.78, 5) is 10.9. The summed E-state index contributed by atoms with van der Waals surface area (Å²) >= 11 is 0. The lowest BCUT2D eigenvalue weighted by molar-refractivity contribution is -0.121. The molecule has 0 aromatic heterocycles. The molecule has 0 aliphatic heterocycles. The van der Waals surface area contributed by atoms with Gasteiger partial charge in [0.05, 0.1) is 6.61 Å². The molecule has 0 heterocycles. The van der Waals surface area contributed by atoms with Crippen molar-refractivity contribution in [2.75, 3.05) is 19.8 Å². The molecule has 0 saturated heterocycles. The van der Waals surface area contributed by atoms with E-state index >= 15 is 0 Å². The Morgan fingerprint density at radius 3 is 3.00 bits per heavy atom. The van der Waals surface area contributed by atoms with Crippen LogP contribution in [0.5, 0.6) is 0 Å². The molecular weight excluding hydrogens is 154 g/mol. The van der Waals surface area contributed by atoms with Gasteiger partial charge in [0.2, 0.25) is 5.91 Å². The molecule has 0 aromatic carbocycles. The predicted molar refractivity (Wildman–Crippen MR) is 47.6 cm³/mol. The monoisotopic (exact) mass is 169 g/mol. The van der Waals surface area contributed by atoms with Crippen molar-refractivity contribution in [1.29, 1.82) is 0 Å². The summed E-state index contributed by atoms with van der Waals surface area (Å²) in [5.41, 5.74) is 0. The van der Waals surface area contributed by atoms with Crippen LogP contribution in [0.1, 0.15) is 19.8 Å². The Labute approximate surface area is 73.5 Å². The molecule has 0 spiro atoms. The van der Waals surface area contributed by atoms with Crippen LogP contribution in [0.15, 0.2) is 0 Å². The molecule has 0 rings (SSSR count). The molecule has 1 amide bonds. The zero-order chi connectivity index (χ0) is 9.23. The Morgan fingerprint density at radius 2 is 2.42 bits per heavy atom. The standard InChI is InChI=1S/C9H15NO2/c1-3-5-6-9(11)10-7-8-12-4-2/h1H,4-8H2,2H3,(H,10,11). The van der Waals surface area contributed by atoms with Crippen molar-refractivity contribution in [3.05, 3.63) is 0 Å². The highest BCUT2D eigenvalue weighted by Gasteiger charge is 1.97. The van der Waals surface area contributed by atoms with E-state index in [0.717, 1.165) is 0 Å². The molecule has 3 heteroatoms. The van der Waals surface area contributed by atoms with E-state index in [-0.39, 0.29) is 5.91 Å². The maximum absolute atomic E-state index is 10.9. The van der Waals surface area contributed by atoms with Gasteiger partial charge in [-0.2, -0.15) is 0 Å². The summed E-state index contributed by atoms with van der Waals surface area (Å²) in [6.45, 7) is 3.73. The summed E-state index contributed by atoms with van der Waals surface area (Å²) in [5.74, 6) is 2.40. The summed E-state index contributed by atoms with van der Waals surface area (Å²) < 4.78 is 5.03. The molecule has 0 bridgehead atoms. The van der Waals surface area contributed by atoms with Crippen LogP contribution in [0.3, 0.4) is 0 Å². The largest absolute Gasteiger partial charge is 0.380 e. The minimum atomic E-state index is -0.00680. The summed E-state index contributed by atoms with van der Waals surface area (Å²) in [5, 5.41) is 2.69. The molecule has 0 aliphatic carbocycles. The second kappa shape index (κ2) is 8.09. The Kier molecular flexibility index (Phi) is 7.41. The van der Waals surface area contributed by atoms with E-state index in [9.17, 15) is 4.79 Å². The molecule has 0 fully saturated rings. The number of ether oxygens (including phenoxy) is 1. The SMILES string of the molecule is C#CCCC(=O)NCCOCC. The molecular formula is C9H15NO2. The fourth-order valence-electron chi connectivity index (χ4n) is 0.681. The smallest absolute Gasteiger partial charge is 0.221 e. The average molecular weight is 169 g/mol. The second-order valence-corrected chi connectivity index (χ2v) is 2.25. The van der Waals surface area contributed by atoms with Crippen LogP contribution in [-0.2, 0) is 9.53 Å². The van der Waals surface area contributed by atoms with Crippen LogP contribution >= 0.6 is 0 Å². The first-order chi connectivity index (χ1) is 5.81. The first kappa shape index (κ1) is 11.0. The molecule has 3 nitrogen and oxygen atoms in total. The molecule has 0 radical (unpaired) electrons. The normalized spacial score (nSPS) is 9.00. The zero-order valence-electron chi connectivity index (χ0n) is 7.43. The van der Waals surface area contributed by atoms with Crippen LogP contribution in [0.4, 0.5) is 0 Å². The Morgan fingerprint density at radius 1 is 1.67 bits per heavy atom. The number of carbonyl (C=O) groups is 1. The van der Waals surface area contributed by atoms with Gasteiger partial charge in [-0.3, -0.25) is 4.79 Å². The predicted octanol–water partition coefficient (Wildman–Crippen LogP) is 0.552. The van der Waals surface area contributed by atoms with E-state index in [1.807, 2.05) is 6.92 Å². The zero-order valence-corrected chi connectivity index (χ0v) is 7.43. The Bertz CT molecular complexity index is 160. The van der Waals surface area contributed by atoms with Gasteiger partial charge in [0.25, 0.3) is 0 Å². The molecule has 0 unspecified atom stereocenters. The molecule has 12 heavy (non-hydrogen) atoms. The maximum atomic E-state index is 10.9. The van der Waals surface area contributed by atoms with Crippen molar-refractivity contribution < 1.29 is 9.53 Å². The van der Waals surface area contributed by atoms with E-state index in [4.69, 9.17) is 11.2 Å². The third-order valence-corrected chi connectivity index (χ3v) is 1.27. The van der Waals surface area contributed by atoms with Crippen molar-refractivity contribution in [1.82, 2.24) is 5.32 Å². The van der Waals surface area contributed by atoms with Gasteiger partial charge in [-0.1, -0.05) is 0 Å². The molecule has 0 atom stereocenters. The highest BCUT2D eigenvalue weighted by atomic mass is 16.5. The van der Waals surface area contributed by atoms with Crippen molar-refractivity contribution in [2.24, 2.45) is 0 Å². The van der Waals surface area contributed by atoms with E-state index in [1.165, 1.54) is 0 Å². The highest BCUT2D eigenvalue weighted by Crippen LogP contribution is 1.84. The van der Waals surface area contributed by atoms with E-state index in [1.54, 1.807) is 0 Å². The van der Waals surface area contributed by atoms with Crippen molar-refractivity contribution in [2.45, 2.75) is 19.8 Å². The maximum Gasteiger partial charge on any atom is 0.221 e. The van der Waals surface area contributed by atoms with Gasteiger partial charge in [0.15, 0.2) is 0 Å². The molecule has 68 valence electrons. The minimum Gasteiger partial charge on any atom is -0.380 e. The third-order valence-electron chi connectivity index (χ3n) is 1.27. The van der Waals surface area contributed by atoms with Crippen LogP contribution < -0.4 is 5.32 Å². The number of hydrogen-bond acceptors (Lipinski definition) is 2. The molecule has 1 N–H and O–H groups in total. The third kappa shape index (κ3) is 7.10. The van der Waals surface area contributed by atoms with E-state index < -0.39 is 0 Å². The van der Waals surface area contributed by atoms with E-state index in [2.05, 4.69) is 11.2 Å². The van der Waals surface area contributed by atoms with Gasteiger partial charge < -0.3 is 10.1 Å². The second-order valence-electron chi connectivity index (χ2n) is 2.25. The van der Waals surface area contributed by atoms with E-state index in [0.29, 0.717) is 32.6 Å². The fourth-order valence-corrected chi connectivity index (χ4v) is 0.681. The van der Waals surface area contributed by atoms with Crippen LogP contribution in [0.25, 0.3) is 0 Å². The topological polar surface area (TPSA) is 38.3 Å². The lowest BCUT2D eigenvalue weighted by Crippen LogP contribution is -2.26. The first-order valence-electron chi connectivity index (χ1n) is 4.09. The van der Waals surface area contributed by atoms with Gasteiger partial charge in [0.1, 0.15) is 0 Å². The van der Waals surface area contributed by atoms with Gasteiger partial charge in [-0.25, -0.2) is 0 Å². The van der Waals surface area contributed by atoms with Crippen molar-refractivity contribution in [3.8, 4) is 12.3 Å². The summed E-state index contributed by atoms with van der Waals surface area (Å²) in [7, 11) is 0. The summed E-state index contributed by atoms with van der Waals surface area (Å²) in [6, 6.07) is 0. The van der Waals surface area contributed by atoms with Crippen LogP contribution in [0, 0.1) is 12.3 Å². The number of carbonyl (C=O) groups excluding carboxylic acids is 1. The van der Waals surface area contributed by atoms with Gasteiger partial charge in [0, 0.05) is 26.0 Å². The Hall–Kier alpha value is -1.01. The Balaban J connectivity index is 3.15. The van der Waals surface area contributed by atoms with Gasteiger partial charge in [-0.15, -0.1) is 12.3 Å². The quantitative estimate of drug-likeness (QED) is 0.466. The van der Waals surface area contributed by atoms with Crippen molar-refractivity contribution >= 4 is 5.91 Å². The number of terminal acetylenes is 1. The minimum absolute atomic E-state index is 0.00680. The first-order valence-corrected chi connectivity index (χ1v) is 4.09. The van der Waals surface area contributed by atoms with Crippen LogP contribution in [-0.4, -0.2) is 25.7 Å². The highest BCUT2D eigenvalue weighted by molar-refractivity contribution is 5.76. The average Bonchev–Trinajstić information content (AvgIpc) is 2.09. The summed E-state index contributed by atoms with van der Waals surface area (Å²) in [6.07, 6.45) is 5.90. The molecule has 0 aromatic rings. The fraction of sp³-hybridized carbons (Fsp3) is 0.667. The van der Waals surface area contributed by atoms with Crippen molar-refractivity contribution in [3.63, 3.8) is 0 Å². The number of hydrogen-bond donors (Lipinski definition) is 1. The van der Waals surface area contributed by atoms with Crippen LogP contribution in [0.2, 0.25) is 0 Å². The van der Waals surface area contributed by atoms with Gasteiger partial charge in [-0.05, 0) is 6.92 Å². The number of nitrogens with one attached hydrogen (secondary N) is 1. The molecule has 0 saturated carbocycles. The number of rotatable bonds is 6. The molecule has 0 aliphatic rings. The lowest BCUT2D eigenvalue weighted by Gasteiger charge is -2.03. The number of amides is 1.